The number of unbranched alkanes of at least 4 members (excludes halogenated alkanes) is 4. The van der Waals surface area contributed by atoms with Crippen LogP contribution in [0.15, 0.2) is 23.6 Å². The molecule has 0 N–H and O–H groups in total. The fourth-order valence-corrected chi connectivity index (χ4v) is 4.92. The lowest BCUT2D eigenvalue weighted by atomic mass is 9.72. The summed E-state index contributed by atoms with van der Waals surface area (Å²) < 4.78 is 0. The summed E-state index contributed by atoms with van der Waals surface area (Å²) in [5.74, 6) is -0.0142. The molecule has 0 bridgehead atoms. The quantitative estimate of drug-likeness (QED) is 0.528. The summed E-state index contributed by atoms with van der Waals surface area (Å²) in [6, 6.07) is 4.18. The lowest BCUT2D eigenvalue weighted by Gasteiger charge is -2.29. The summed E-state index contributed by atoms with van der Waals surface area (Å²) >= 11 is 1.73. The predicted molar refractivity (Wildman–Crippen MR) is 98.5 cm³/mol. The van der Waals surface area contributed by atoms with E-state index in [9.17, 15) is 9.59 Å². The number of carbonyl (C=O) groups is 2. The zero-order valence-electron chi connectivity index (χ0n) is 14.7. The highest BCUT2D eigenvalue weighted by Gasteiger charge is 2.50. The van der Waals surface area contributed by atoms with Crippen LogP contribution in [0.5, 0.6) is 0 Å². The highest BCUT2D eigenvalue weighted by Crippen LogP contribution is 2.45. The molecule has 1 fully saturated rings. The van der Waals surface area contributed by atoms with Crippen molar-refractivity contribution in [2.75, 3.05) is 7.05 Å². The number of likely N-dealkylation sites (tertiary alicyclic amines) is 1. The van der Waals surface area contributed by atoms with Crippen LogP contribution in [0.4, 0.5) is 0 Å². The van der Waals surface area contributed by atoms with Gasteiger partial charge in [0.25, 0.3) is 0 Å². The number of allylic oxidation sites excluding steroid dienone is 2. The van der Waals surface area contributed by atoms with Crippen LogP contribution in [0.2, 0.25) is 0 Å². The van der Waals surface area contributed by atoms with E-state index in [1.165, 1.54) is 41.0 Å². The van der Waals surface area contributed by atoms with Gasteiger partial charge in [-0.1, -0.05) is 51.2 Å². The summed E-state index contributed by atoms with van der Waals surface area (Å²) in [5.41, 5.74) is 1.27. The molecule has 1 aromatic rings. The second-order valence-corrected chi connectivity index (χ2v) is 8.06. The van der Waals surface area contributed by atoms with Crippen molar-refractivity contribution in [1.82, 2.24) is 4.90 Å². The van der Waals surface area contributed by atoms with Crippen molar-refractivity contribution < 1.29 is 9.59 Å². The topological polar surface area (TPSA) is 37.4 Å². The molecule has 0 spiro atoms. The smallest absolute Gasteiger partial charge is 0.233 e. The number of hydrogen-bond acceptors (Lipinski definition) is 3. The van der Waals surface area contributed by atoms with Crippen molar-refractivity contribution in [3.8, 4) is 0 Å². The molecule has 1 saturated heterocycles. The van der Waals surface area contributed by atoms with Crippen molar-refractivity contribution in [2.45, 2.75) is 51.9 Å². The molecule has 1 unspecified atom stereocenters. The van der Waals surface area contributed by atoms with Gasteiger partial charge in [0.05, 0.1) is 11.8 Å². The van der Waals surface area contributed by atoms with E-state index in [0.29, 0.717) is 6.42 Å². The van der Waals surface area contributed by atoms with Gasteiger partial charge in [-0.15, -0.1) is 11.3 Å². The molecule has 2 heterocycles. The standard InChI is InChI=1S/C20H27NO2S/c1-3-4-5-6-7-9-14-12-15(17-10-8-11-24-17)13-16-18(14)20(23)21(2)19(16)22/h8,10-12,14,16,18H,3-7,9,13H2,1-2H3/t14?,16-,18+/m1/s1. The lowest BCUT2D eigenvalue weighted by molar-refractivity contribution is -0.138. The average Bonchev–Trinajstić information content (AvgIpc) is 3.19. The average molecular weight is 346 g/mol. The molecule has 0 radical (unpaired) electrons. The summed E-state index contributed by atoms with van der Waals surface area (Å²) in [5, 5.41) is 2.08. The number of amides is 2. The maximum absolute atomic E-state index is 12.6. The molecular weight excluding hydrogens is 318 g/mol. The molecule has 2 aliphatic rings. The molecule has 3 atom stereocenters. The molecule has 0 aromatic carbocycles. The van der Waals surface area contributed by atoms with Crippen LogP contribution < -0.4 is 0 Å². The van der Waals surface area contributed by atoms with Gasteiger partial charge in [0.1, 0.15) is 0 Å². The summed E-state index contributed by atoms with van der Waals surface area (Å²) in [6.07, 6.45) is 10.2. The van der Waals surface area contributed by atoms with Gasteiger partial charge in [-0.2, -0.15) is 0 Å². The molecule has 3 rings (SSSR count). The summed E-state index contributed by atoms with van der Waals surface area (Å²) in [7, 11) is 1.64. The zero-order chi connectivity index (χ0) is 17.1. The van der Waals surface area contributed by atoms with Gasteiger partial charge in [-0.25, -0.2) is 0 Å². The highest BCUT2D eigenvalue weighted by atomic mass is 32.1. The number of thiophene rings is 1. The van der Waals surface area contributed by atoms with Crippen molar-refractivity contribution in [3.63, 3.8) is 0 Å². The first-order valence-corrected chi connectivity index (χ1v) is 10.1. The Kier molecular flexibility index (Phi) is 5.54. The van der Waals surface area contributed by atoms with Crippen LogP contribution in [0.25, 0.3) is 5.57 Å². The fourth-order valence-electron chi connectivity index (χ4n) is 4.16. The normalized spacial score (nSPS) is 26.7. The van der Waals surface area contributed by atoms with E-state index in [0.717, 1.165) is 12.8 Å². The Hall–Kier alpha value is -1.42. The van der Waals surface area contributed by atoms with Crippen molar-refractivity contribution >= 4 is 28.7 Å². The number of nitrogens with zero attached hydrogens (tertiary/aromatic N) is 1. The zero-order valence-corrected chi connectivity index (χ0v) is 15.5. The number of hydrogen-bond donors (Lipinski definition) is 0. The van der Waals surface area contributed by atoms with Gasteiger partial charge >= 0.3 is 0 Å². The van der Waals surface area contributed by atoms with E-state index >= 15 is 0 Å². The number of imide groups is 1. The first kappa shape index (κ1) is 17.4. The van der Waals surface area contributed by atoms with Gasteiger partial charge in [-0.3, -0.25) is 14.5 Å². The molecule has 4 heteroatoms. The molecule has 1 aromatic heterocycles. The molecule has 2 amide bonds. The van der Waals surface area contributed by atoms with Crippen LogP contribution in [-0.4, -0.2) is 23.8 Å². The Balaban J connectivity index is 1.77. The summed E-state index contributed by atoms with van der Waals surface area (Å²) in [4.78, 5) is 27.7. The molecule has 1 aliphatic heterocycles. The Labute approximate surface area is 148 Å². The maximum Gasteiger partial charge on any atom is 0.233 e. The Morgan fingerprint density at radius 3 is 2.67 bits per heavy atom. The molecule has 130 valence electrons. The third-order valence-electron chi connectivity index (χ3n) is 5.49. The van der Waals surface area contributed by atoms with E-state index in [1.807, 2.05) is 0 Å². The first-order valence-electron chi connectivity index (χ1n) is 9.19. The van der Waals surface area contributed by atoms with Crippen LogP contribution >= 0.6 is 11.3 Å². The number of carbonyl (C=O) groups excluding carboxylic acids is 2. The second kappa shape index (κ2) is 7.64. The van der Waals surface area contributed by atoms with Crippen LogP contribution in [0.3, 0.4) is 0 Å². The third-order valence-corrected chi connectivity index (χ3v) is 6.44. The fraction of sp³-hybridized carbons (Fsp3) is 0.600. The van der Waals surface area contributed by atoms with Gasteiger partial charge in [0.15, 0.2) is 0 Å². The minimum absolute atomic E-state index is 0.0168. The molecule has 3 nitrogen and oxygen atoms in total. The van der Waals surface area contributed by atoms with Gasteiger partial charge < -0.3 is 0 Å². The monoisotopic (exact) mass is 345 g/mol. The lowest BCUT2D eigenvalue weighted by Crippen LogP contribution is -2.30. The highest BCUT2D eigenvalue weighted by molar-refractivity contribution is 7.11. The van der Waals surface area contributed by atoms with Crippen molar-refractivity contribution in [1.29, 1.82) is 0 Å². The van der Waals surface area contributed by atoms with Crippen molar-refractivity contribution in [2.24, 2.45) is 17.8 Å². The molecule has 0 saturated carbocycles. The largest absolute Gasteiger partial charge is 0.285 e. The van der Waals surface area contributed by atoms with E-state index < -0.39 is 0 Å². The van der Waals surface area contributed by atoms with Gasteiger partial charge in [-0.05, 0) is 35.8 Å². The molecule has 24 heavy (non-hydrogen) atoms. The molecular formula is C20H27NO2S. The predicted octanol–water partition coefficient (Wildman–Crippen LogP) is 4.74. The van der Waals surface area contributed by atoms with E-state index in [2.05, 4.69) is 30.5 Å². The first-order chi connectivity index (χ1) is 11.6. The van der Waals surface area contributed by atoms with Crippen LogP contribution in [-0.2, 0) is 9.59 Å². The summed E-state index contributed by atoms with van der Waals surface area (Å²) in [6.45, 7) is 2.22. The van der Waals surface area contributed by atoms with E-state index in [1.54, 1.807) is 18.4 Å². The van der Waals surface area contributed by atoms with Gasteiger partial charge in [0, 0.05) is 11.9 Å². The minimum atomic E-state index is -0.148. The van der Waals surface area contributed by atoms with Crippen LogP contribution in [0, 0.1) is 17.8 Å². The van der Waals surface area contributed by atoms with E-state index in [-0.39, 0.29) is 29.6 Å². The Bertz CT molecular complexity index is 620. The number of rotatable bonds is 7. The van der Waals surface area contributed by atoms with E-state index in [4.69, 9.17) is 0 Å². The van der Waals surface area contributed by atoms with Gasteiger partial charge in [0.2, 0.25) is 11.8 Å². The Morgan fingerprint density at radius 1 is 1.17 bits per heavy atom. The third kappa shape index (κ3) is 3.34. The Morgan fingerprint density at radius 2 is 1.96 bits per heavy atom. The van der Waals surface area contributed by atoms with Crippen LogP contribution in [0.1, 0.15) is 56.7 Å². The maximum atomic E-state index is 12.6. The molecule has 1 aliphatic carbocycles. The minimum Gasteiger partial charge on any atom is -0.285 e. The second-order valence-electron chi connectivity index (χ2n) is 7.11. The van der Waals surface area contributed by atoms with Crippen molar-refractivity contribution in [3.05, 3.63) is 28.5 Å². The SMILES string of the molecule is CCCCCCCC1C=C(c2cccs2)C[C@H]2C(=O)N(C)C(=O)[C@@H]12. The number of fused-ring (bicyclic) bond motifs is 1.